The zero-order valence-corrected chi connectivity index (χ0v) is 24.2. The monoisotopic (exact) mass is 579 g/mol. The second-order valence-electron chi connectivity index (χ2n) is 11.1. The first-order valence-electron chi connectivity index (χ1n) is 14.3. The Labute approximate surface area is 242 Å². The maximum Gasteiger partial charge on any atom is 0.240 e. The number of carbonyl (C=O) groups is 1. The van der Waals surface area contributed by atoms with E-state index in [1.165, 1.54) is 17.7 Å². The first-order valence-corrected chi connectivity index (χ1v) is 15.8. The maximum absolute atomic E-state index is 13.2. The molecular weight excluding hydrogens is 541 g/mol. The number of hydrogen-bond donors (Lipinski definition) is 2. The third-order valence-corrected chi connectivity index (χ3v) is 9.62. The van der Waals surface area contributed by atoms with Gasteiger partial charge in [0.05, 0.1) is 24.2 Å². The molecular formula is C32H38FN3O4S. The summed E-state index contributed by atoms with van der Waals surface area (Å²) in [5.41, 5.74) is 4.08. The topological polar surface area (TPSA) is 87.7 Å². The number of rotatable bonds is 9. The van der Waals surface area contributed by atoms with Crippen LogP contribution in [-0.2, 0) is 26.1 Å². The van der Waals surface area contributed by atoms with E-state index in [9.17, 15) is 17.6 Å². The number of benzene rings is 3. The van der Waals surface area contributed by atoms with Crippen molar-refractivity contribution in [1.29, 1.82) is 0 Å². The lowest BCUT2D eigenvalue weighted by Gasteiger charge is -2.29. The van der Waals surface area contributed by atoms with Crippen molar-refractivity contribution in [3.63, 3.8) is 0 Å². The van der Waals surface area contributed by atoms with Crippen molar-refractivity contribution in [1.82, 2.24) is 14.9 Å². The predicted octanol–water partition coefficient (Wildman–Crippen LogP) is 5.04. The molecule has 1 amide bonds. The molecule has 5 rings (SSSR count). The van der Waals surface area contributed by atoms with Crippen molar-refractivity contribution in [2.75, 3.05) is 26.3 Å². The summed E-state index contributed by atoms with van der Waals surface area (Å²) in [4.78, 5) is 15.4. The summed E-state index contributed by atoms with van der Waals surface area (Å²) in [6, 6.07) is 21.0. The molecule has 218 valence electrons. The van der Waals surface area contributed by atoms with Crippen LogP contribution in [0.3, 0.4) is 0 Å². The van der Waals surface area contributed by atoms with E-state index >= 15 is 0 Å². The van der Waals surface area contributed by atoms with E-state index in [2.05, 4.69) is 27.1 Å². The average Bonchev–Trinajstić information content (AvgIpc) is 2.98. The molecule has 1 atom stereocenters. The van der Waals surface area contributed by atoms with Crippen molar-refractivity contribution in [2.24, 2.45) is 5.92 Å². The minimum absolute atomic E-state index is 0.0484. The Bertz CT molecular complexity index is 1420. The zero-order chi connectivity index (χ0) is 28.8. The van der Waals surface area contributed by atoms with E-state index < -0.39 is 10.0 Å². The van der Waals surface area contributed by atoms with Gasteiger partial charge in [-0.3, -0.25) is 9.69 Å². The molecule has 9 heteroatoms. The van der Waals surface area contributed by atoms with Crippen LogP contribution in [0.4, 0.5) is 4.39 Å². The quantitative estimate of drug-likeness (QED) is 0.371. The summed E-state index contributed by atoms with van der Waals surface area (Å²) >= 11 is 0. The molecule has 0 bridgehead atoms. The maximum atomic E-state index is 13.2. The Balaban J connectivity index is 1.13. The van der Waals surface area contributed by atoms with Crippen LogP contribution < -0.4 is 10.0 Å². The molecule has 0 aromatic heterocycles. The number of ether oxygens (including phenoxy) is 1. The number of nitrogens with one attached hydrogen (secondary N) is 2. The van der Waals surface area contributed by atoms with Crippen LogP contribution in [0.5, 0.6) is 0 Å². The lowest BCUT2D eigenvalue weighted by atomic mass is 9.85. The van der Waals surface area contributed by atoms with Gasteiger partial charge in [-0.2, -0.15) is 0 Å². The van der Waals surface area contributed by atoms with E-state index in [0.717, 1.165) is 49.5 Å². The van der Waals surface area contributed by atoms with Gasteiger partial charge in [-0.15, -0.1) is 0 Å². The molecule has 41 heavy (non-hydrogen) atoms. The smallest absolute Gasteiger partial charge is 0.240 e. The lowest BCUT2D eigenvalue weighted by molar-refractivity contribution is -0.126. The molecule has 1 aliphatic carbocycles. The van der Waals surface area contributed by atoms with Gasteiger partial charge < -0.3 is 10.1 Å². The third kappa shape index (κ3) is 7.80. The molecule has 1 heterocycles. The highest BCUT2D eigenvalue weighted by molar-refractivity contribution is 7.89. The number of amides is 1. The first-order chi connectivity index (χ1) is 19.8. The SMILES string of the molecule is C[C@@H](NC(=O)C1CCC(NS(=O)(=O)c2ccc(-c3cccc(CN4CCOCC4)c3)cc2)CC1)c1ccc(F)cc1. The standard InChI is InChI=1S/C32H38FN3O4S/c1-23(25-5-11-29(33)12-6-25)34-32(37)27-7-13-30(14-8-27)35-41(38,39)31-15-9-26(10-16-31)28-4-2-3-24(21-28)22-36-17-19-40-20-18-36/h2-6,9-12,15-16,21,23,27,30,35H,7-8,13-14,17-20,22H2,1H3,(H,34,37)/t23-,27?,30?/m1/s1. The summed E-state index contributed by atoms with van der Waals surface area (Å²) in [7, 11) is -3.68. The Hall–Kier alpha value is -3.11. The summed E-state index contributed by atoms with van der Waals surface area (Å²) in [5.74, 6) is -0.529. The summed E-state index contributed by atoms with van der Waals surface area (Å²) in [5, 5.41) is 3.01. The van der Waals surface area contributed by atoms with Crippen LogP contribution in [0, 0.1) is 11.7 Å². The van der Waals surface area contributed by atoms with Gasteiger partial charge in [0.25, 0.3) is 0 Å². The van der Waals surface area contributed by atoms with E-state index in [0.29, 0.717) is 25.7 Å². The Kier molecular flexibility index (Phi) is 9.49. The van der Waals surface area contributed by atoms with Gasteiger partial charge in [0.2, 0.25) is 15.9 Å². The van der Waals surface area contributed by atoms with Crippen molar-refractivity contribution in [3.05, 3.63) is 89.7 Å². The first kappa shape index (κ1) is 29.4. The van der Waals surface area contributed by atoms with Crippen molar-refractivity contribution in [2.45, 2.75) is 56.1 Å². The van der Waals surface area contributed by atoms with Crippen LogP contribution in [0.2, 0.25) is 0 Å². The summed E-state index contributed by atoms with van der Waals surface area (Å²) in [6.07, 6.45) is 2.40. The number of morpholine rings is 1. The zero-order valence-electron chi connectivity index (χ0n) is 23.4. The van der Waals surface area contributed by atoms with Gasteiger partial charge in [-0.05, 0) is 85.2 Å². The minimum atomic E-state index is -3.68. The fourth-order valence-electron chi connectivity index (χ4n) is 5.62. The largest absolute Gasteiger partial charge is 0.379 e. The Morgan fingerprint density at radius 1 is 0.951 bits per heavy atom. The molecule has 0 radical (unpaired) electrons. The van der Waals surface area contributed by atoms with Gasteiger partial charge in [0, 0.05) is 31.6 Å². The molecule has 0 unspecified atom stereocenters. The second kappa shape index (κ2) is 13.2. The lowest BCUT2D eigenvalue weighted by Crippen LogP contribution is -2.41. The third-order valence-electron chi connectivity index (χ3n) is 8.08. The van der Waals surface area contributed by atoms with E-state index in [4.69, 9.17) is 4.74 Å². The molecule has 1 saturated heterocycles. The van der Waals surface area contributed by atoms with Crippen LogP contribution >= 0.6 is 0 Å². The fourth-order valence-corrected chi connectivity index (χ4v) is 6.93. The number of sulfonamides is 1. The molecule has 2 fully saturated rings. The molecule has 0 spiro atoms. The molecule has 7 nitrogen and oxygen atoms in total. The fraction of sp³-hybridized carbons (Fsp3) is 0.406. The van der Waals surface area contributed by atoms with Crippen LogP contribution in [0.1, 0.15) is 49.8 Å². The second-order valence-corrected chi connectivity index (χ2v) is 12.8. The molecule has 3 aromatic carbocycles. The minimum Gasteiger partial charge on any atom is -0.379 e. The molecule has 2 aliphatic rings. The predicted molar refractivity (Wildman–Crippen MR) is 157 cm³/mol. The number of hydrogen-bond acceptors (Lipinski definition) is 5. The summed E-state index contributed by atoms with van der Waals surface area (Å²) in [6.45, 7) is 6.12. The number of halogens is 1. The summed E-state index contributed by atoms with van der Waals surface area (Å²) < 4.78 is 47.7. The Morgan fingerprint density at radius 3 is 2.32 bits per heavy atom. The van der Waals surface area contributed by atoms with Crippen LogP contribution in [0.25, 0.3) is 11.1 Å². The van der Waals surface area contributed by atoms with Crippen LogP contribution in [-0.4, -0.2) is 51.6 Å². The van der Waals surface area contributed by atoms with Gasteiger partial charge >= 0.3 is 0 Å². The van der Waals surface area contributed by atoms with E-state index in [1.54, 1.807) is 24.3 Å². The van der Waals surface area contributed by atoms with Gasteiger partial charge in [0.1, 0.15) is 5.82 Å². The highest BCUT2D eigenvalue weighted by Crippen LogP contribution is 2.28. The molecule has 1 aliphatic heterocycles. The average molecular weight is 580 g/mol. The van der Waals surface area contributed by atoms with Gasteiger partial charge in [0.15, 0.2) is 0 Å². The number of carbonyl (C=O) groups excluding carboxylic acids is 1. The van der Waals surface area contributed by atoms with Gasteiger partial charge in [-0.1, -0.05) is 42.5 Å². The van der Waals surface area contributed by atoms with E-state index in [1.807, 2.05) is 31.2 Å². The molecule has 3 aromatic rings. The normalized spacial score (nSPS) is 20.8. The molecule has 2 N–H and O–H groups in total. The van der Waals surface area contributed by atoms with Crippen molar-refractivity contribution < 1.29 is 22.3 Å². The molecule has 1 saturated carbocycles. The van der Waals surface area contributed by atoms with Crippen LogP contribution in [0.15, 0.2) is 77.7 Å². The Morgan fingerprint density at radius 2 is 1.63 bits per heavy atom. The van der Waals surface area contributed by atoms with Gasteiger partial charge in [-0.25, -0.2) is 17.5 Å². The van der Waals surface area contributed by atoms with Crippen molar-refractivity contribution >= 4 is 15.9 Å². The highest BCUT2D eigenvalue weighted by atomic mass is 32.2. The number of nitrogens with zero attached hydrogens (tertiary/aromatic N) is 1. The highest BCUT2D eigenvalue weighted by Gasteiger charge is 2.30. The van der Waals surface area contributed by atoms with E-state index in [-0.39, 0.29) is 34.6 Å². The van der Waals surface area contributed by atoms with Crippen molar-refractivity contribution in [3.8, 4) is 11.1 Å².